The van der Waals surface area contributed by atoms with Gasteiger partial charge < -0.3 is 5.84 Å². The molecule has 3 aromatic carbocycles. The fourth-order valence-electron chi connectivity index (χ4n) is 2.59. The molecule has 3 aromatic rings. The predicted molar refractivity (Wildman–Crippen MR) is 90.5 cm³/mol. The molecule has 3 rings (SSSR count). The molecule has 7 nitrogen and oxygen atoms in total. The minimum Gasteiger partial charge on any atom is -0.305 e. The van der Waals surface area contributed by atoms with Crippen LogP contribution >= 0.6 is 0 Å². The van der Waals surface area contributed by atoms with Crippen LogP contribution in [0.2, 0.25) is 0 Å². The molecular weight excluding hydrogens is 328 g/mol. The minimum atomic E-state index is -4.11. The Morgan fingerprint density at radius 3 is 2.17 bits per heavy atom. The monoisotopic (exact) mass is 342 g/mol. The largest absolute Gasteiger partial charge is 0.313 e. The van der Waals surface area contributed by atoms with Crippen LogP contribution in [0.25, 0.3) is 21.9 Å². The number of nitrogens with zero attached hydrogens (tertiary/aromatic N) is 2. The second kappa shape index (κ2) is 6.36. The fourth-order valence-corrected chi connectivity index (χ4v) is 3.40. The van der Waals surface area contributed by atoms with E-state index in [-0.39, 0.29) is 4.90 Å². The van der Waals surface area contributed by atoms with Gasteiger partial charge >= 0.3 is 10.1 Å². The first-order chi connectivity index (χ1) is 11.6. The molecule has 0 aliphatic rings. The highest BCUT2D eigenvalue weighted by Crippen LogP contribution is 2.40. The van der Waals surface area contributed by atoms with Gasteiger partial charge in [-0.1, -0.05) is 59.8 Å². The predicted octanol–water partition coefficient (Wildman–Crippen LogP) is 3.04. The van der Waals surface area contributed by atoms with Crippen molar-refractivity contribution >= 4 is 26.6 Å². The first-order valence-corrected chi connectivity index (χ1v) is 8.35. The van der Waals surface area contributed by atoms with Crippen LogP contribution in [0.4, 0.5) is 5.69 Å². The minimum absolute atomic E-state index is 0.0459. The molecular formula is C16H14N4O3S. The zero-order valence-corrected chi connectivity index (χ0v) is 13.3. The maximum Gasteiger partial charge on any atom is 0.313 e. The average molecular weight is 342 g/mol. The molecule has 0 aliphatic carbocycles. The van der Waals surface area contributed by atoms with Gasteiger partial charge in [0.2, 0.25) is 0 Å². The summed E-state index contributed by atoms with van der Waals surface area (Å²) in [6.07, 6.45) is 0. The molecule has 0 unspecified atom stereocenters. The summed E-state index contributed by atoms with van der Waals surface area (Å²) in [5.41, 5.74) is 1.79. The van der Waals surface area contributed by atoms with Crippen molar-refractivity contribution in [3.63, 3.8) is 0 Å². The van der Waals surface area contributed by atoms with E-state index in [1.807, 2.05) is 30.3 Å². The van der Waals surface area contributed by atoms with Crippen molar-refractivity contribution in [1.82, 2.24) is 0 Å². The van der Waals surface area contributed by atoms with E-state index in [4.69, 9.17) is 11.7 Å². The molecule has 0 atom stereocenters. The van der Waals surface area contributed by atoms with Crippen molar-refractivity contribution in [3.8, 4) is 11.1 Å². The van der Waals surface area contributed by atoms with Crippen molar-refractivity contribution in [2.45, 2.75) is 4.90 Å². The van der Waals surface area contributed by atoms with Gasteiger partial charge in [-0.2, -0.15) is 18.6 Å². The summed E-state index contributed by atoms with van der Waals surface area (Å²) in [6, 6.07) is 17.5. The van der Waals surface area contributed by atoms with Crippen molar-refractivity contribution in [2.75, 3.05) is 0 Å². The SMILES string of the molecule is NN=Nc1c(-c2ccccc2)cc(S(=O)(=O)ON)c2ccccc12. The lowest BCUT2D eigenvalue weighted by atomic mass is 9.98. The zero-order valence-electron chi connectivity index (χ0n) is 12.5. The summed E-state index contributed by atoms with van der Waals surface area (Å²) in [4.78, 5) is -0.0459. The Morgan fingerprint density at radius 1 is 0.917 bits per heavy atom. The molecule has 0 saturated carbocycles. The number of fused-ring (bicyclic) bond motifs is 1. The molecule has 4 N–H and O–H groups in total. The van der Waals surface area contributed by atoms with Crippen LogP contribution in [0, 0.1) is 0 Å². The van der Waals surface area contributed by atoms with Gasteiger partial charge in [-0.05, 0) is 11.6 Å². The van der Waals surface area contributed by atoms with Gasteiger partial charge in [0.05, 0.1) is 0 Å². The molecule has 8 heteroatoms. The van der Waals surface area contributed by atoms with E-state index in [9.17, 15) is 8.42 Å². The Morgan fingerprint density at radius 2 is 1.54 bits per heavy atom. The van der Waals surface area contributed by atoms with Crippen LogP contribution in [-0.2, 0) is 14.4 Å². The van der Waals surface area contributed by atoms with Crippen molar-refractivity contribution in [1.29, 1.82) is 0 Å². The smallest absolute Gasteiger partial charge is 0.305 e. The molecule has 0 fully saturated rings. The van der Waals surface area contributed by atoms with Crippen molar-refractivity contribution in [2.24, 2.45) is 22.1 Å². The Balaban J connectivity index is 2.49. The van der Waals surface area contributed by atoms with Crippen LogP contribution in [-0.4, -0.2) is 8.42 Å². The quantitative estimate of drug-likeness (QED) is 0.429. The molecule has 0 bridgehead atoms. The van der Waals surface area contributed by atoms with Gasteiger partial charge in [0.15, 0.2) is 0 Å². The highest BCUT2D eigenvalue weighted by atomic mass is 32.2. The van der Waals surface area contributed by atoms with Crippen LogP contribution in [0.15, 0.2) is 75.9 Å². The number of hydrogen-bond acceptors (Lipinski definition) is 6. The van der Waals surface area contributed by atoms with Crippen LogP contribution in [0.1, 0.15) is 0 Å². The topological polar surface area (TPSA) is 120 Å². The molecule has 0 radical (unpaired) electrons. The summed E-state index contributed by atoms with van der Waals surface area (Å²) < 4.78 is 28.7. The first kappa shape index (κ1) is 16.1. The normalized spacial score (nSPS) is 12.0. The van der Waals surface area contributed by atoms with E-state index in [0.717, 1.165) is 5.56 Å². The van der Waals surface area contributed by atoms with Gasteiger partial charge in [-0.15, -0.1) is 5.11 Å². The first-order valence-electron chi connectivity index (χ1n) is 6.94. The molecule has 0 spiro atoms. The van der Waals surface area contributed by atoms with Gasteiger partial charge in [0.25, 0.3) is 0 Å². The third-order valence-corrected chi connectivity index (χ3v) is 4.75. The zero-order chi connectivity index (χ0) is 17.2. The van der Waals surface area contributed by atoms with Gasteiger partial charge in [0.1, 0.15) is 10.6 Å². The molecule has 122 valence electrons. The number of nitrogens with two attached hydrogens (primary N) is 2. The number of benzene rings is 3. The van der Waals surface area contributed by atoms with E-state index < -0.39 is 10.1 Å². The fraction of sp³-hybridized carbons (Fsp3) is 0. The summed E-state index contributed by atoms with van der Waals surface area (Å²) in [6.45, 7) is 0. The highest BCUT2D eigenvalue weighted by molar-refractivity contribution is 7.87. The van der Waals surface area contributed by atoms with Crippen LogP contribution in [0.5, 0.6) is 0 Å². The lowest BCUT2D eigenvalue weighted by Gasteiger charge is -2.13. The number of hydrogen-bond donors (Lipinski definition) is 2. The van der Waals surface area contributed by atoms with E-state index >= 15 is 0 Å². The Kier molecular flexibility index (Phi) is 4.26. The Labute approximate surface area is 138 Å². The molecule has 0 saturated heterocycles. The van der Waals surface area contributed by atoms with E-state index in [0.29, 0.717) is 22.0 Å². The van der Waals surface area contributed by atoms with Crippen molar-refractivity contribution < 1.29 is 12.7 Å². The third kappa shape index (κ3) is 2.73. The van der Waals surface area contributed by atoms with Crippen molar-refractivity contribution in [3.05, 3.63) is 60.7 Å². The van der Waals surface area contributed by atoms with E-state index in [1.165, 1.54) is 6.07 Å². The summed E-state index contributed by atoms with van der Waals surface area (Å²) >= 11 is 0. The summed E-state index contributed by atoms with van der Waals surface area (Å²) in [7, 11) is -4.11. The standard InChI is InChI=1S/C16H14N4O3S/c17-20-19-16-13-9-5-4-8-12(13)15(24(21,22)23-18)10-14(16)11-6-2-1-3-7-11/h1-10H,18H2,(H2,17,19). The Hall–Kier alpha value is -2.81. The maximum atomic E-state index is 12.2. The average Bonchev–Trinajstić information content (AvgIpc) is 2.62. The second-order valence-corrected chi connectivity index (χ2v) is 6.49. The van der Waals surface area contributed by atoms with Crippen LogP contribution in [0.3, 0.4) is 0 Å². The van der Waals surface area contributed by atoms with E-state index in [2.05, 4.69) is 14.6 Å². The van der Waals surface area contributed by atoms with Crippen LogP contribution < -0.4 is 11.7 Å². The lowest BCUT2D eigenvalue weighted by Crippen LogP contribution is -2.11. The summed E-state index contributed by atoms with van der Waals surface area (Å²) in [5, 5.41) is 8.36. The lowest BCUT2D eigenvalue weighted by molar-refractivity contribution is 0.333. The molecule has 24 heavy (non-hydrogen) atoms. The van der Waals surface area contributed by atoms with E-state index in [1.54, 1.807) is 24.3 Å². The second-order valence-electron chi connectivity index (χ2n) is 4.95. The Bertz CT molecular complexity index is 1020. The van der Waals surface area contributed by atoms with Gasteiger partial charge in [-0.25, -0.2) is 0 Å². The maximum absolute atomic E-state index is 12.2. The van der Waals surface area contributed by atoms with Gasteiger partial charge in [0, 0.05) is 16.3 Å². The highest BCUT2D eigenvalue weighted by Gasteiger charge is 2.22. The molecule has 0 aliphatic heterocycles. The van der Waals surface area contributed by atoms with Gasteiger partial charge in [-0.3, -0.25) is 0 Å². The summed E-state index contributed by atoms with van der Waals surface area (Å²) in [5.74, 6) is 10.2. The molecule has 0 amide bonds. The molecule has 0 aromatic heterocycles. The molecule has 0 heterocycles. The number of rotatable bonds is 4. The third-order valence-electron chi connectivity index (χ3n) is 3.62.